The maximum absolute atomic E-state index is 13.5. The summed E-state index contributed by atoms with van der Waals surface area (Å²) >= 11 is 0. The van der Waals surface area contributed by atoms with Gasteiger partial charge in [0.2, 0.25) is 0 Å². The molecule has 1 aliphatic carbocycles. The minimum absolute atomic E-state index is 0.170. The van der Waals surface area contributed by atoms with Gasteiger partial charge in [-0.2, -0.15) is 0 Å². The third-order valence-corrected chi connectivity index (χ3v) is 4.62. The van der Waals surface area contributed by atoms with Crippen molar-refractivity contribution in [1.82, 2.24) is 10.2 Å². The van der Waals surface area contributed by atoms with Crippen molar-refractivity contribution in [3.05, 3.63) is 35.4 Å². The van der Waals surface area contributed by atoms with E-state index in [1.807, 2.05) is 0 Å². The molecule has 2 N–H and O–H groups in total. The van der Waals surface area contributed by atoms with Gasteiger partial charge in [0.25, 0.3) is 0 Å². The highest BCUT2D eigenvalue weighted by molar-refractivity contribution is 5.74. The molecule has 0 heterocycles. The Balaban J connectivity index is 1.77. The first-order valence-corrected chi connectivity index (χ1v) is 8.06. The van der Waals surface area contributed by atoms with Gasteiger partial charge in [0.15, 0.2) is 0 Å². The molecule has 1 aliphatic rings. The Kier molecular flexibility index (Phi) is 6.33. The Morgan fingerprint density at radius 3 is 2.65 bits per heavy atom. The first-order valence-electron chi connectivity index (χ1n) is 8.06. The number of aliphatic hydroxyl groups excluding tert-OH is 1. The zero-order valence-corrected chi connectivity index (χ0v) is 13.4. The molecule has 0 aliphatic heterocycles. The number of carbonyl (C=O) groups is 1. The molecular formula is C17H24F2N2O2. The molecule has 6 heteroatoms. The molecule has 1 saturated carbocycles. The van der Waals surface area contributed by atoms with E-state index in [4.69, 9.17) is 5.11 Å². The van der Waals surface area contributed by atoms with E-state index < -0.39 is 11.6 Å². The lowest BCUT2D eigenvalue weighted by molar-refractivity contribution is 0.134. The number of aliphatic hydroxyl groups is 1. The van der Waals surface area contributed by atoms with E-state index in [0.717, 1.165) is 43.9 Å². The molecular weight excluding hydrogens is 302 g/mol. The van der Waals surface area contributed by atoms with Crippen LogP contribution in [0.5, 0.6) is 0 Å². The molecule has 0 atom stereocenters. The molecule has 0 saturated heterocycles. The average Bonchev–Trinajstić information content (AvgIpc) is 2.57. The fraction of sp³-hybridized carbons (Fsp3) is 0.588. The van der Waals surface area contributed by atoms with Gasteiger partial charge in [-0.15, -0.1) is 0 Å². The molecule has 2 rings (SSSR count). The predicted octanol–water partition coefficient (Wildman–Crippen LogP) is 2.70. The van der Waals surface area contributed by atoms with Crippen LogP contribution >= 0.6 is 0 Å². The summed E-state index contributed by atoms with van der Waals surface area (Å²) in [6.07, 6.45) is 3.86. The minimum Gasteiger partial charge on any atom is -0.396 e. The van der Waals surface area contributed by atoms with E-state index in [1.165, 1.54) is 0 Å². The lowest BCUT2D eigenvalue weighted by atomic mass is 9.86. The average molecular weight is 326 g/mol. The third kappa shape index (κ3) is 4.89. The number of amides is 2. The molecule has 23 heavy (non-hydrogen) atoms. The summed E-state index contributed by atoms with van der Waals surface area (Å²) in [6, 6.07) is 3.30. The molecule has 1 fully saturated rings. The zero-order valence-electron chi connectivity index (χ0n) is 13.4. The number of halogens is 2. The van der Waals surface area contributed by atoms with Crippen LogP contribution in [0.3, 0.4) is 0 Å². The van der Waals surface area contributed by atoms with Gasteiger partial charge >= 0.3 is 6.03 Å². The Morgan fingerprint density at radius 2 is 2.00 bits per heavy atom. The second-order valence-electron chi connectivity index (χ2n) is 6.19. The number of rotatable bonds is 5. The van der Waals surface area contributed by atoms with Crippen LogP contribution < -0.4 is 5.32 Å². The highest BCUT2D eigenvalue weighted by atomic mass is 19.1. The largest absolute Gasteiger partial charge is 0.396 e. The van der Waals surface area contributed by atoms with Crippen molar-refractivity contribution in [1.29, 1.82) is 0 Å². The molecule has 2 amide bonds. The normalized spacial score (nSPS) is 21.0. The van der Waals surface area contributed by atoms with Crippen LogP contribution in [0.1, 0.15) is 31.2 Å². The van der Waals surface area contributed by atoms with Crippen molar-refractivity contribution in [2.75, 3.05) is 20.2 Å². The number of hydrogen-bond donors (Lipinski definition) is 2. The summed E-state index contributed by atoms with van der Waals surface area (Å²) in [6.45, 7) is 0.470. The Bertz CT molecular complexity index is 531. The van der Waals surface area contributed by atoms with E-state index in [1.54, 1.807) is 11.9 Å². The Labute approximate surface area is 135 Å². The molecule has 1 aromatic rings. The van der Waals surface area contributed by atoms with Gasteiger partial charge in [-0.05, 0) is 61.8 Å². The standard InChI is InChI=1S/C17H24F2N2O2/c1-21(15-5-2-12(11-22)3-6-15)17(23)20-9-8-13-10-14(18)4-7-16(13)19/h4,7,10,12,15,22H,2-3,5-6,8-9,11H2,1H3,(H,20,23). The van der Waals surface area contributed by atoms with E-state index in [-0.39, 0.29) is 37.2 Å². The molecule has 0 bridgehead atoms. The van der Waals surface area contributed by atoms with Crippen LogP contribution in [0.15, 0.2) is 18.2 Å². The van der Waals surface area contributed by atoms with E-state index >= 15 is 0 Å². The first kappa shape index (κ1) is 17.7. The summed E-state index contributed by atoms with van der Waals surface area (Å²) in [5.41, 5.74) is 0.261. The summed E-state index contributed by atoms with van der Waals surface area (Å²) < 4.78 is 26.6. The third-order valence-electron chi connectivity index (χ3n) is 4.62. The van der Waals surface area contributed by atoms with Gasteiger partial charge in [0, 0.05) is 26.2 Å². The van der Waals surface area contributed by atoms with Crippen LogP contribution in [-0.2, 0) is 6.42 Å². The van der Waals surface area contributed by atoms with Crippen molar-refractivity contribution in [3.8, 4) is 0 Å². The van der Waals surface area contributed by atoms with Crippen LogP contribution in [0.25, 0.3) is 0 Å². The highest BCUT2D eigenvalue weighted by Crippen LogP contribution is 2.26. The quantitative estimate of drug-likeness (QED) is 0.874. The molecule has 0 aromatic heterocycles. The van der Waals surface area contributed by atoms with Crippen LogP contribution in [0.4, 0.5) is 13.6 Å². The lowest BCUT2D eigenvalue weighted by Crippen LogP contribution is -2.45. The van der Waals surface area contributed by atoms with Crippen molar-refractivity contribution in [2.45, 2.75) is 38.1 Å². The summed E-state index contributed by atoms with van der Waals surface area (Å²) in [5, 5.41) is 11.9. The van der Waals surface area contributed by atoms with Crippen molar-refractivity contribution >= 4 is 6.03 Å². The molecule has 4 nitrogen and oxygen atoms in total. The van der Waals surface area contributed by atoms with Crippen LogP contribution in [0.2, 0.25) is 0 Å². The number of nitrogens with one attached hydrogen (secondary N) is 1. The van der Waals surface area contributed by atoms with Crippen molar-refractivity contribution in [3.63, 3.8) is 0 Å². The topological polar surface area (TPSA) is 52.6 Å². The van der Waals surface area contributed by atoms with Gasteiger partial charge in [-0.1, -0.05) is 0 Å². The number of carbonyl (C=O) groups excluding carboxylic acids is 1. The van der Waals surface area contributed by atoms with Crippen LogP contribution in [-0.4, -0.2) is 42.3 Å². The fourth-order valence-corrected chi connectivity index (χ4v) is 3.04. The second kappa shape index (κ2) is 8.24. The van der Waals surface area contributed by atoms with E-state index in [9.17, 15) is 13.6 Å². The zero-order chi connectivity index (χ0) is 16.8. The number of benzene rings is 1. The van der Waals surface area contributed by atoms with Gasteiger partial charge in [-0.3, -0.25) is 0 Å². The monoisotopic (exact) mass is 326 g/mol. The maximum Gasteiger partial charge on any atom is 0.317 e. The van der Waals surface area contributed by atoms with Crippen LogP contribution in [0, 0.1) is 17.6 Å². The second-order valence-corrected chi connectivity index (χ2v) is 6.19. The number of hydrogen-bond acceptors (Lipinski definition) is 2. The van der Waals surface area contributed by atoms with Gasteiger partial charge in [0.05, 0.1) is 0 Å². The van der Waals surface area contributed by atoms with Gasteiger partial charge in [-0.25, -0.2) is 13.6 Å². The first-order chi connectivity index (χ1) is 11.0. The maximum atomic E-state index is 13.5. The predicted molar refractivity (Wildman–Crippen MR) is 84.1 cm³/mol. The molecule has 1 aromatic carbocycles. The number of urea groups is 1. The highest BCUT2D eigenvalue weighted by Gasteiger charge is 2.26. The fourth-order valence-electron chi connectivity index (χ4n) is 3.04. The van der Waals surface area contributed by atoms with Crippen molar-refractivity contribution < 1.29 is 18.7 Å². The molecule has 0 spiro atoms. The number of nitrogens with zero attached hydrogens (tertiary/aromatic N) is 1. The van der Waals surface area contributed by atoms with Gasteiger partial charge < -0.3 is 15.3 Å². The summed E-state index contributed by atoms with van der Waals surface area (Å²) in [5.74, 6) is -0.597. The smallest absolute Gasteiger partial charge is 0.317 e. The minimum atomic E-state index is -0.481. The summed E-state index contributed by atoms with van der Waals surface area (Å²) in [7, 11) is 1.75. The molecule has 0 radical (unpaired) electrons. The van der Waals surface area contributed by atoms with Gasteiger partial charge in [0.1, 0.15) is 11.6 Å². The molecule has 0 unspecified atom stereocenters. The van der Waals surface area contributed by atoms with E-state index in [2.05, 4.69) is 5.32 Å². The van der Waals surface area contributed by atoms with E-state index in [0.29, 0.717) is 5.92 Å². The Hall–Kier alpha value is -1.69. The Morgan fingerprint density at radius 1 is 1.30 bits per heavy atom. The summed E-state index contributed by atoms with van der Waals surface area (Å²) in [4.78, 5) is 13.8. The SMILES string of the molecule is CN(C(=O)NCCc1cc(F)ccc1F)C1CCC(CO)CC1. The van der Waals surface area contributed by atoms with Crippen molar-refractivity contribution in [2.24, 2.45) is 5.92 Å². The lowest BCUT2D eigenvalue weighted by Gasteiger charge is -2.34. The molecule has 128 valence electrons.